The molecule has 27 heavy (non-hydrogen) atoms. The second kappa shape index (κ2) is 7.19. The third kappa shape index (κ3) is 3.75. The van der Waals surface area contributed by atoms with E-state index in [1.807, 2.05) is 6.07 Å². The minimum atomic E-state index is -3.81. The molecule has 0 bridgehead atoms. The van der Waals surface area contributed by atoms with Gasteiger partial charge in [0.05, 0.1) is 16.8 Å². The average Bonchev–Trinajstić information content (AvgIpc) is 2.69. The molecule has 2 aliphatic rings. The standard InChI is InChI=1S/C19H22N4O3S/c24-19-17-12-16(6-4-14(17)8-9-20-19)27(25,26)22-18-7-5-15(13-21-18)23-10-2-1-3-11-23/h4-7,12-13H,1-3,8-11H2,(H,20,24)(H,21,22). The van der Waals surface area contributed by atoms with Gasteiger partial charge < -0.3 is 10.2 Å². The molecule has 1 amide bonds. The molecule has 1 aromatic heterocycles. The van der Waals surface area contributed by atoms with E-state index in [4.69, 9.17) is 0 Å². The van der Waals surface area contributed by atoms with Crippen molar-refractivity contribution < 1.29 is 13.2 Å². The second-order valence-corrected chi connectivity index (χ2v) is 8.56. The van der Waals surface area contributed by atoms with Crippen molar-refractivity contribution in [3.8, 4) is 0 Å². The summed E-state index contributed by atoms with van der Waals surface area (Å²) in [5, 5.41) is 2.73. The van der Waals surface area contributed by atoms with E-state index in [0.717, 1.165) is 24.3 Å². The number of carbonyl (C=O) groups excluding carboxylic acids is 1. The molecule has 2 aliphatic heterocycles. The molecule has 0 unspecified atom stereocenters. The van der Waals surface area contributed by atoms with Gasteiger partial charge in [-0.25, -0.2) is 13.4 Å². The molecule has 1 fully saturated rings. The largest absolute Gasteiger partial charge is 0.370 e. The Balaban J connectivity index is 1.53. The molecule has 0 aliphatic carbocycles. The number of hydrogen-bond acceptors (Lipinski definition) is 5. The maximum Gasteiger partial charge on any atom is 0.263 e. The summed E-state index contributed by atoms with van der Waals surface area (Å²) in [6, 6.07) is 8.22. The second-order valence-electron chi connectivity index (χ2n) is 6.88. The first-order valence-electron chi connectivity index (χ1n) is 9.18. The number of amides is 1. The normalized spacial score (nSPS) is 17.2. The maximum atomic E-state index is 12.7. The molecule has 4 rings (SSSR count). The summed E-state index contributed by atoms with van der Waals surface area (Å²) in [4.78, 5) is 18.5. The van der Waals surface area contributed by atoms with Crippen molar-refractivity contribution in [2.24, 2.45) is 0 Å². The number of fused-ring (bicyclic) bond motifs is 1. The number of nitrogens with zero attached hydrogens (tertiary/aromatic N) is 2. The van der Waals surface area contributed by atoms with Gasteiger partial charge in [0, 0.05) is 25.2 Å². The molecular formula is C19H22N4O3S. The Morgan fingerprint density at radius 1 is 1.07 bits per heavy atom. The van der Waals surface area contributed by atoms with E-state index in [1.54, 1.807) is 18.3 Å². The summed E-state index contributed by atoms with van der Waals surface area (Å²) in [6.07, 6.45) is 5.99. The lowest BCUT2D eigenvalue weighted by atomic mass is 10.0. The number of anilines is 2. The summed E-state index contributed by atoms with van der Waals surface area (Å²) < 4.78 is 27.9. The first kappa shape index (κ1) is 17.8. The Labute approximate surface area is 158 Å². The Kier molecular flexibility index (Phi) is 4.73. The van der Waals surface area contributed by atoms with Gasteiger partial charge in [0.1, 0.15) is 5.82 Å². The van der Waals surface area contributed by atoms with Crippen molar-refractivity contribution in [1.29, 1.82) is 0 Å². The predicted molar refractivity (Wildman–Crippen MR) is 104 cm³/mol. The molecule has 3 heterocycles. The van der Waals surface area contributed by atoms with Crippen LogP contribution in [0.4, 0.5) is 11.5 Å². The molecule has 2 aromatic rings. The van der Waals surface area contributed by atoms with E-state index in [1.165, 1.54) is 31.4 Å². The van der Waals surface area contributed by atoms with Gasteiger partial charge in [-0.3, -0.25) is 9.52 Å². The van der Waals surface area contributed by atoms with E-state index in [-0.39, 0.29) is 16.6 Å². The molecule has 2 N–H and O–H groups in total. The van der Waals surface area contributed by atoms with Crippen LogP contribution in [0.3, 0.4) is 0 Å². The molecule has 0 radical (unpaired) electrons. The monoisotopic (exact) mass is 386 g/mol. The number of rotatable bonds is 4. The molecule has 0 atom stereocenters. The Morgan fingerprint density at radius 2 is 1.89 bits per heavy atom. The highest BCUT2D eigenvalue weighted by Crippen LogP contribution is 2.23. The molecule has 8 heteroatoms. The van der Waals surface area contributed by atoms with Crippen LogP contribution in [0.5, 0.6) is 0 Å². The van der Waals surface area contributed by atoms with Gasteiger partial charge in [-0.2, -0.15) is 0 Å². The van der Waals surface area contributed by atoms with E-state index >= 15 is 0 Å². The first-order chi connectivity index (χ1) is 13.0. The topological polar surface area (TPSA) is 91.4 Å². The van der Waals surface area contributed by atoms with Crippen LogP contribution in [-0.2, 0) is 16.4 Å². The van der Waals surface area contributed by atoms with E-state index in [9.17, 15) is 13.2 Å². The highest BCUT2D eigenvalue weighted by Gasteiger charge is 2.22. The van der Waals surface area contributed by atoms with Crippen LogP contribution < -0.4 is 14.9 Å². The van der Waals surface area contributed by atoms with Crippen molar-refractivity contribution in [3.63, 3.8) is 0 Å². The maximum absolute atomic E-state index is 12.7. The summed E-state index contributed by atoms with van der Waals surface area (Å²) >= 11 is 0. The van der Waals surface area contributed by atoms with E-state index < -0.39 is 10.0 Å². The number of nitrogens with one attached hydrogen (secondary N) is 2. The predicted octanol–water partition coefficient (Wildman–Crippen LogP) is 2.16. The highest BCUT2D eigenvalue weighted by atomic mass is 32.2. The van der Waals surface area contributed by atoms with Crippen molar-refractivity contribution in [2.45, 2.75) is 30.6 Å². The zero-order valence-corrected chi connectivity index (χ0v) is 15.8. The van der Waals surface area contributed by atoms with Gasteiger partial charge in [0.15, 0.2) is 0 Å². The van der Waals surface area contributed by atoms with Crippen LogP contribution in [0.15, 0.2) is 41.4 Å². The lowest BCUT2D eigenvalue weighted by Gasteiger charge is -2.28. The van der Waals surface area contributed by atoms with E-state index in [2.05, 4.69) is 19.9 Å². The first-order valence-corrected chi connectivity index (χ1v) is 10.7. The zero-order valence-electron chi connectivity index (χ0n) is 14.9. The fraction of sp³-hybridized carbons (Fsp3) is 0.368. The molecule has 7 nitrogen and oxygen atoms in total. The molecule has 1 saturated heterocycles. The fourth-order valence-corrected chi connectivity index (χ4v) is 4.57. The van der Waals surface area contributed by atoms with Crippen LogP contribution >= 0.6 is 0 Å². The SMILES string of the molecule is O=C1NCCc2ccc(S(=O)(=O)Nc3ccc(N4CCCCC4)cn3)cc21. The molecule has 0 spiro atoms. The third-order valence-electron chi connectivity index (χ3n) is 5.02. The molecular weight excluding hydrogens is 364 g/mol. The van der Waals surface area contributed by atoms with Crippen molar-refractivity contribution in [2.75, 3.05) is 29.3 Å². The Hall–Kier alpha value is -2.61. The number of pyridine rings is 1. The minimum Gasteiger partial charge on any atom is -0.370 e. The van der Waals surface area contributed by atoms with Crippen LogP contribution in [0, 0.1) is 0 Å². The molecule has 1 aromatic carbocycles. The Morgan fingerprint density at radius 3 is 2.63 bits per heavy atom. The van der Waals surface area contributed by atoms with Crippen molar-refractivity contribution >= 4 is 27.4 Å². The van der Waals surface area contributed by atoms with Gasteiger partial charge in [0.2, 0.25) is 0 Å². The van der Waals surface area contributed by atoms with E-state index in [0.29, 0.717) is 18.5 Å². The van der Waals surface area contributed by atoms with Gasteiger partial charge in [-0.05, 0) is 55.5 Å². The van der Waals surface area contributed by atoms with Crippen LogP contribution in [-0.4, -0.2) is 38.9 Å². The molecule has 0 saturated carbocycles. The van der Waals surface area contributed by atoms with Gasteiger partial charge >= 0.3 is 0 Å². The summed E-state index contributed by atoms with van der Waals surface area (Å²) in [5.74, 6) is 0.0234. The van der Waals surface area contributed by atoms with Crippen molar-refractivity contribution in [1.82, 2.24) is 10.3 Å². The zero-order chi connectivity index (χ0) is 18.9. The highest BCUT2D eigenvalue weighted by molar-refractivity contribution is 7.92. The number of benzene rings is 1. The number of sulfonamides is 1. The van der Waals surface area contributed by atoms with Crippen LogP contribution in [0.25, 0.3) is 0 Å². The summed E-state index contributed by atoms with van der Waals surface area (Å²) in [6.45, 7) is 2.58. The summed E-state index contributed by atoms with van der Waals surface area (Å²) in [7, 11) is -3.81. The molecule has 142 valence electrons. The quantitative estimate of drug-likeness (QED) is 0.840. The minimum absolute atomic E-state index is 0.0557. The van der Waals surface area contributed by atoms with Gasteiger partial charge in [0.25, 0.3) is 15.9 Å². The lowest BCUT2D eigenvalue weighted by Crippen LogP contribution is -2.32. The Bertz CT molecular complexity index is 951. The number of carbonyl (C=O) groups is 1. The number of piperidine rings is 1. The average molecular weight is 386 g/mol. The van der Waals surface area contributed by atoms with Gasteiger partial charge in [-0.1, -0.05) is 6.07 Å². The third-order valence-corrected chi connectivity index (χ3v) is 6.38. The van der Waals surface area contributed by atoms with Crippen molar-refractivity contribution in [3.05, 3.63) is 47.7 Å². The van der Waals surface area contributed by atoms with Crippen LogP contribution in [0.1, 0.15) is 35.2 Å². The van der Waals surface area contributed by atoms with Gasteiger partial charge in [-0.15, -0.1) is 0 Å². The summed E-state index contributed by atoms with van der Waals surface area (Å²) in [5.41, 5.74) is 2.28. The fourth-order valence-electron chi connectivity index (χ4n) is 3.54. The number of aromatic nitrogens is 1. The lowest BCUT2D eigenvalue weighted by molar-refractivity contribution is 0.0945. The number of hydrogen-bond donors (Lipinski definition) is 2. The van der Waals surface area contributed by atoms with Crippen LogP contribution in [0.2, 0.25) is 0 Å². The smallest absolute Gasteiger partial charge is 0.263 e.